The number of rotatable bonds is 3. The minimum Gasteiger partial charge on any atom is -0.354 e. The molecule has 2 N–H and O–H groups in total. The molecule has 1 aliphatic carbocycles. The van der Waals surface area contributed by atoms with Gasteiger partial charge in [0, 0.05) is 25.2 Å². The van der Waals surface area contributed by atoms with Crippen LogP contribution in [0.2, 0.25) is 0 Å². The van der Waals surface area contributed by atoms with E-state index in [-0.39, 0.29) is 25.4 Å². The average Bonchev–Trinajstić information content (AvgIpc) is 2.59. The molecule has 0 heterocycles. The van der Waals surface area contributed by atoms with Gasteiger partial charge in [-0.1, -0.05) is 6.42 Å². The Morgan fingerprint density at radius 2 is 2.12 bits per heavy atom. The quantitative estimate of drug-likeness (QED) is 0.495. The van der Waals surface area contributed by atoms with Gasteiger partial charge in [-0.25, -0.2) is 4.39 Å². The van der Waals surface area contributed by atoms with Gasteiger partial charge < -0.3 is 10.6 Å². The van der Waals surface area contributed by atoms with Crippen molar-refractivity contribution in [3.05, 3.63) is 35.1 Å². The third-order valence-electron chi connectivity index (χ3n) is 4.32. The van der Waals surface area contributed by atoms with E-state index in [4.69, 9.17) is 5.26 Å². The largest absolute Gasteiger partial charge is 0.391 e. The molecule has 2 rings (SSSR count). The number of halogens is 4. The van der Waals surface area contributed by atoms with Gasteiger partial charge in [0.1, 0.15) is 5.82 Å². The van der Waals surface area contributed by atoms with Crippen molar-refractivity contribution in [2.75, 3.05) is 7.05 Å². The Balaban J connectivity index is 1.94. The second kappa shape index (κ2) is 8.19. The van der Waals surface area contributed by atoms with Crippen molar-refractivity contribution < 1.29 is 17.6 Å². The number of nitrogens with one attached hydrogen (secondary N) is 2. The first-order valence-corrected chi connectivity index (χ1v) is 8.06. The molecule has 1 saturated carbocycles. The summed E-state index contributed by atoms with van der Waals surface area (Å²) in [6.07, 6.45) is -2.90. The van der Waals surface area contributed by atoms with Gasteiger partial charge >= 0.3 is 6.18 Å². The van der Waals surface area contributed by atoms with Crippen LogP contribution >= 0.6 is 0 Å². The van der Waals surface area contributed by atoms with Crippen molar-refractivity contribution in [2.45, 2.75) is 44.4 Å². The number of aliphatic imine (C=N–C) groups is 1. The molecule has 136 valence electrons. The van der Waals surface area contributed by atoms with Crippen LogP contribution in [0, 0.1) is 23.1 Å². The van der Waals surface area contributed by atoms with Crippen molar-refractivity contribution in [3.8, 4) is 6.07 Å². The molecule has 4 nitrogen and oxygen atoms in total. The molecule has 2 unspecified atom stereocenters. The highest BCUT2D eigenvalue weighted by Gasteiger charge is 2.42. The standard InChI is InChI=1S/C17H20F4N4/c1-23-16(24-10-12-7-11(9-22)5-6-15(12)18)25-14-4-2-3-13(8-14)17(19,20)21/h5-7,13-14H,2-4,8,10H2,1H3,(H2,23,24,25). The third kappa shape index (κ3) is 5.34. The number of guanidine groups is 1. The maximum atomic E-state index is 13.8. The predicted octanol–water partition coefficient (Wildman–Crippen LogP) is 3.48. The molecule has 25 heavy (non-hydrogen) atoms. The van der Waals surface area contributed by atoms with E-state index in [0.29, 0.717) is 29.9 Å². The van der Waals surface area contributed by atoms with Gasteiger partial charge in [0.2, 0.25) is 0 Å². The number of nitrogens with zero attached hydrogens (tertiary/aromatic N) is 2. The van der Waals surface area contributed by atoms with Gasteiger partial charge in [-0.2, -0.15) is 18.4 Å². The summed E-state index contributed by atoms with van der Waals surface area (Å²) in [5.41, 5.74) is 0.625. The van der Waals surface area contributed by atoms with E-state index < -0.39 is 17.9 Å². The molecule has 2 atom stereocenters. The maximum absolute atomic E-state index is 13.8. The van der Waals surface area contributed by atoms with E-state index in [0.717, 1.165) is 0 Å². The normalized spacial score (nSPS) is 21.5. The Morgan fingerprint density at radius 1 is 1.36 bits per heavy atom. The van der Waals surface area contributed by atoms with Gasteiger partial charge in [-0.05, 0) is 37.5 Å². The zero-order chi connectivity index (χ0) is 18.4. The van der Waals surface area contributed by atoms with Gasteiger partial charge in [0.15, 0.2) is 5.96 Å². The van der Waals surface area contributed by atoms with Gasteiger partial charge in [-0.15, -0.1) is 0 Å². The molecule has 0 bridgehead atoms. The van der Waals surface area contributed by atoms with E-state index in [9.17, 15) is 17.6 Å². The van der Waals surface area contributed by atoms with Crippen molar-refractivity contribution in [3.63, 3.8) is 0 Å². The Bertz CT molecular complexity index is 664. The highest BCUT2D eigenvalue weighted by molar-refractivity contribution is 5.80. The van der Waals surface area contributed by atoms with Crippen LogP contribution in [0.25, 0.3) is 0 Å². The van der Waals surface area contributed by atoms with Crippen LogP contribution in [-0.2, 0) is 6.54 Å². The van der Waals surface area contributed by atoms with E-state index in [1.807, 2.05) is 6.07 Å². The van der Waals surface area contributed by atoms with Gasteiger partial charge in [0.05, 0.1) is 17.6 Å². The first kappa shape index (κ1) is 19.0. The monoisotopic (exact) mass is 356 g/mol. The zero-order valence-electron chi connectivity index (χ0n) is 13.8. The minimum absolute atomic E-state index is 0.00246. The minimum atomic E-state index is -4.18. The summed E-state index contributed by atoms with van der Waals surface area (Å²) in [6.45, 7) is 0.0798. The number of nitriles is 1. The molecule has 0 amide bonds. The molecular weight excluding hydrogens is 336 g/mol. The number of alkyl halides is 3. The molecule has 0 radical (unpaired) electrons. The average molecular weight is 356 g/mol. The Hall–Kier alpha value is -2.30. The highest BCUT2D eigenvalue weighted by atomic mass is 19.4. The van der Waals surface area contributed by atoms with Crippen LogP contribution < -0.4 is 10.6 Å². The van der Waals surface area contributed by atoms with E-state index in [2.05, 4.69) is 15.6 Å². The number of hydrogen-bond donors (Lipinski definition) is 2. The first-order chi connectivity index (χ1) is 11.8. The third-order valence-corrected chi connectivity index (χ3v) is 4.32. The SMILES string of the molecule is CN=C(NCc1cc(C#N)ccc1F)NC1CCCC(C(F)(F)F)C1. The van der Waals surface area contributed by atoms with Gasteiger partial charge in [-0.3, -0.25) is 4.99 Å². The van der Waals surface area contributed by atoms with E-state index in [1.54, 1.807) is 0 Å². The molecule has 0 aromatic heterocycles. The highest BCUT2D eigenvalue weighted by Crippen LogP contribution is 2.37. The molecule has 0 aliphatic heterocycles. The first-order valence-electron chi connectivity index (χ1n) is 8.06. The van der Waals surface area contributed by atoms with Crippen LogP contribution in [0.4, 0.5) is 17.6 Å². The lowest BCUT2D eigenvalue weighted by molar-refractivity contribution is -0.183. The summed E-state index contributed by atoms with van der Waals surface area (Å²) in [7, 11) is 1.50. The zero-order valence-corrected chi connectivity index (χ0v) is 13.8. The summed E-state index contributed by atoms with van der Waals surface area (Å²) in [4.78, 5) is 3.98. The fourth-order valence-electron chi connectivity index (χ4n) is 2.96. The molecule has 1 aromatic carbocycles. The van der Waals surface area contributed by atoms with Crippen molar-refractivity contribution >= 4 is 5.96 Å². The van der Waals surface area contributed by atoms with E-state index in [1.165, 1.54) is 25.2 Å². The Morgan fingerprint density at radius 3 is 2.76 bits per heavy atom. The van der Waals surface area contributed by atoms with Crippen LogP contribution in [-0.4, -0.2) is 25.2 Å². The number of benzene rings is 1. The predicted molar refractivity (Wildman–Crippen MR) is 86.3 cm³/mol. The second-order valence-corrected chi connectivity index (χ2v) is 6.09. The Kier molecular flexibility index (Phi) is 6.23. The summed E-state index contributed by atoms with van der Waals surface area (Å²) in [5.74, 6) is -1.45. The molecule has 1 aromatic rings. The smallest absolute Gasteiger partial charge is 0.354 e. The fraction of sp³-hybridized carbons (Fsp3) is 0.529. The molecule has 0 spiro atoms. The Labute approximate surface area is 143 Å². The second-order valence-electron chi connectivity index (χ2n) is 6.09. The molecule has 1 aliphatic rings. The summed E-state index contributed by atoms with van der Waals surface area (Å²) >= 11 is 0. The summed E-state index contributed by atoms with van der Waals surface area (Å²) < 4.78 is 52.4. The number of hydrogen-bond acceptors (Lipinski definition) is 2. The summed E-state index contributed by atoms with van der Waals surface area (Å²) in [5, 5.41) is 14.7. The van der Waals surface area contributed by atoms with Gasteiger partial charge in [0.25, 0.3) is 0 Å². The van der Waals surface area contributed by atoms with Crippen molar-refractivity contribution in [1.82, 2.24) is 10.6 Å². The molecule has 0 saturated heterocycles. The topological polar surface area (TPSA) is 60.2 Å². The fourth-order valence-corrected chi connectivity index (χ4v) is 2.96. The molecule has 8 heteroatoms. The summed E-state index contributed by atoms with van der Waals surface area (Å²) in [6, 6.07) is 5.62. The van der Waals surface area contributed by atoms with Crippen molar-refractivity contribution in [1.29, 1.82) is 5.26 Å². The van der Waals surface area contributed by atoms with Crippen LogP contribution in [0.5, 0.6) is 0 Å². The lowest BCUT2D eigenvalue weighted by Gasteiger charge is -2.31. The molecular formula is C17H20F4N4. The van der Waals surface area contributed by atoms with Crippen LogP contribution in [0.1, 0.15) is 36.8 Å². The lowest BCUT2D eigenvalue weighted by Crippen LogP contribution is -2.46. The maximum Gasteiger partial charge on any atom is 0.391 e. The van der Waals surface area contributed by atoms with Crippen LogP contribution in [0.3, 0.4) is 0 Å². The van der Waals surface area contributed by atoms with Crippen molar-refractivity contribution in [2.24, 2.45) is 10.9 Å². The van der Waals surface area contributed by atoms with E-state index >= 15 is 0 Å². The molecule has 1 fully saturated rings. The van der Waals surface area contributed by atoms with Crippen LogP contribution in [0.15, 0.2) is 23.2 Å². The lowest BCUT2D eigenvalue weighted by atomic mass is 9.85.